The van der Waals surface area contributed by atoms with Crippen molar-refractivity contribution in [1.82, 2.24) is 18.6 Å². The van der Waals surface area contributed by atoms with Gasteiger partial charge in [-0.2, -0.15) is 0 Å². The largest absolute Gasteiger partial charge is 0.465 e. The Morgan fingerprint density at radius 2 is 1.31 bits per heavy atom. The van der Waals surface area contributed by atoms with Gasteiger partial charge in [0.15, 0.2) is 6.10 Å². The number of ether oxygens (including phenoxy) is 2. The third-order valence-electron chi connectivity index (χ3n) is 5.07. The molecule has 2 aliphatic rings. The first-order valence-corrected chi connectivity index (χ1v) is 14.0. The van der Waals surface area contributed by atoms with Crippen LogP contribution in [0.3, 0.4) is 0 Å². The Hall–Kier alpha value is -0.490. The first kappa shape index (κ1) is 27.8. The smallest absolute Gasteiger partial charge is 0.341 e. The molecule has 2 heterocycles. The van der Waals surface area contributed by atoms with Gasteiger partial charge in [-0.3, -0.25) is 14.6 Å². The second kappa shape index (κ2) is 8.32. The molecule has 10 heteroatoms. The van der Waals surface area contributed by atoms with Gasteiger partial charge < -0.3 is 9.47 Å². The van der Waals surface area contributed by atoms with Crippen LogP contribution in [0.15, 0.2) is 0 Å². The Balaban J connectivity index is 3.10. The van der Waals surface area contributed by atoms with Crippen LogP contribution < -0.4 is 5.09 Å². The summed E-state index contributed by atoms with van der Waals surface area (Å²) in [5.74, 6) is -0.651. The molecular weight excluding hydrogens is 446 g/mol. The maximum Gasteiger partial charge on any atom is 0.341 e. The molecule has 186 valence electrons. The third-order valence-corrected chi connectivity index (χ3v) is 15.0. The average molecular weight is 491 g/mol. The zero-order chi connectivity index (χ0) is 25.2. The number of nitrogens with one attached hydrogen (secondary N) is 1. The summed E-state index contributed by atoms with van der Waals surface area (Å²) >= 11 is 0. The van der Waals surface area contributed by atoms with Crippen LogP contribution in [0, 0.1) is 0 Å². The number of rotatable bonds is 3. The first-order chi connectivity index (χ1) is 14.2. The minimum absolute atomic E-state index is 0.161. The van der Waals surface area contributed by atoms with Crippen molar-refractivity contribution in [2.75, 3.05) is 14.2 Å². The number of amides is 1. The topological polar surface area (TPSA) is 74.3 Å². The van der Waals surface area contributed by atoms with Gasteiger partial charge in [0.1, 0.15) is 21.0 Å². The quantitative estimate of drug-likeness (QED) is 0.459. The van der Waals surface area contributed by atoms with Gasteiger partial charge in [0.05, 0.1) is 7.11 Å². The van der Waals surface area contributed by atoms with Gasteiger partial charge in [-0.25, -0.2) is 13.7 Å². The lowest BCUT2D eigenvalue weighted by Gasteiger charge is -2.71. The van der Waals surface area contributed by atoms with Gasteiger partial charge in [-0.15, -0.1) is 0 Å². The number of hydrogen-bond acceptors (Lipinski definition) is 7. The Labute approximate surface area is 196 Å². The molecule has 1 unspecified atom stereocenters. The lowest BCUT2D eigenvalue weighted by Crippen LogP contribution is -2.65. The number of esters is 1. The van der Waals surface area contributed by atoms with Crippen LogP contribution >= 0.6 is 15.7 Å². The van der Waals surface area contributed by atoms with E-state index in [4.69, 9.17) is 9.47 Å². The SMILES string of the molecule is COC(=O)C1=P2(N(C(C)(C)C)C(=O)C1OC)N(C(C)(C)C)P(NC(C)(C)C)N2C(C)(C)C. The molecule has 0 aromatic rings. The minimum Gasteiger partial charge on any atom is -0.465 e. The first-order valence-electron chi connectivity index (χ1n) is 11.1. The van der Waals surface area contributed by atoms with E-state index in [1.807, 2.05) is 25.4 Å². The fourth-order valence-electron chi connectivity index (χ4n) is 4.46. The number of methoxy groups -OCH3 is 2. The molecular formula is C22H44N4O4P2. The van der Waals surface area contributed by atoms with Crippen LogP contribution in [0.2, 0.25) is 0 Å². The van der Waals surface area contributed by atoms with Crippen molar-refractivity contribution in [2.45, 2.75) is 111 Å². The molecule has 0 radical (unpaired) electrons. The molecule has 0 saturated carbocycles. The molecule has 1 atom stereocenters. The molecule has 1 N–H and O–H groups in total. The Morgan fingerprint density at radius 1 is 0.875 bits per heavy atom. The summed E-state index contributed by atoms with van der Waals surface area (Å²) in [5.41, 5.74) is -1.35. The van der Waals surface area contributed by atoms with Crippen molar-refractivity contribution in [2.24, 2.45) is 0 Å². The number of nitrogens with zero attached hydrogens (tertiary/aromatic N) is 3. The number of carbonyl (C=O) groups is 2. The van der Waals surface area contributed by atoms with E-state index < -0.39 is 33.3 Å². The fraction of sp³-hybridized carbons (Fsp3) is 0.864. The third kappa shape index (κ3) is 4.32. The average Bonchev–Trinajstić information content (AvgIpc) is 2.79. The summed E-state index contributed by atoms with van der Waals surface area (Å²) in [6.45, 7) is 25.4. The van der Waals surface area contributed by atoms with Crippen LogP contribution in [-0.2, 0) is 19.1 Å². The Bertz CT molecular complexity index is 805. The van der Waals surface area contributed by atoms with Crippen LogP contribution in [0.1, 0.15) is 83.1 Å². The zero-order valence-electron chi connectivity index (χ0n) is 22.4. The highest BCUT2D eigenvalue weighted by atomic mass is 31.3. The molecule has 0 bridgehead atoms. The van der Waals surface area contributed by atoms with Crippen molar-refractivity contribution in [3.8, 4) is 0 Å². The standard InChI is InChI=1S/C22H44N4O4P2/c1-19(2,3)23-31-25(21(7,8)9)32(26(31)22(10,11)12)16(18(28)30-14)15(29-13)17(27)24(32)20(4,5)6/h15,23H,1-14H3. The highest BCUT2D eigenvalue weighted by Gasteiger charge is 2.72. The van der Waals surface area contributed by atoms with Crippen molar-refractivity contribution < 1.29 is 19.1 Å². The van der Waals surface area contributed by atoms with E-state index in [1.54, 1.807) is 0 Å². The number of carbonyl (C=O) groups excluding carboxylic acids is 2. The minimum atomic E-state index is -2.84. The second-order valence-electron chi connectivity index (χ2n) is 12.5. The van der Waals surface area contributed by atoms with Gasteiger partial charge in [0.2, 0.25) is 0 Å². The van der Waals surface area contributed by atoms with E-state index in [9.17, 15) is 9.59 Å². The summed E-state index contributed by atoms with van der Waals surface area (Å²) in [4.78, 5) is 27.3. The summed E-state index contributed by atoms with van der Waals surface area (Å²) in [6.07, 6.45) is -0.962. The van der Waals surface area contributed by atoms with Gasteiger partial charge in [-0.05, 0) is 83.1 Å². The van der Waals surface area contributed by atoms with Crippen molar-refractivity contribution in [3.63, 3.8) is 0 Å². The second-order valence-corrected chi connectivity index (χ2v) is 17.5. The van der Waals surface area contributed by atoms with Crippen LogP contribution in [0.5, 0.6) is 0 Å². The van der Waals surface area contributed by atoms with Crippen LogP contribution in [-0.4, -0.2) is 73.2 Å². The molecule has 32 heavy (non-hydrogen) atoms. The highest BCUT2D eigenvalue weighted by Crippen LogP contribution is 2.89. The van der Waals surface area contributed by atoms with E-state index in [0.717, 1.165) is 0 Å². The lowest BCUT2D eigenvalue weighted by atomic mass is 10.1. The van der Waals surface area contributed by atoms with Gasteiger partial charge in [0, 0.05) is 29.3 Å². The molecule has 2 rings (SSSR count). The van der Waals surface area contributed by atoms with Crippen molar-refractivity contribution in [1.29, 1.82) is 0 Å². The van der Waals surface area contributed by atoms with Crippen molar-refractivity contribution >= 4 is 32.9 Å². The predicted octanol–water partition coefficient (Wildman–Crippen LogP) is 4.58. The fourth-order valence-corrected chi connectivity index (χ4v) is 15.1. The molecule has 8 nitrogen and oxygen atoms in total. The van der Waals surface area contributed by atoms with Crippen LogP contribution in [0.4, 0.5) is 0 Å². The monoisotopic (exact) mass is 490 g/mol. The molecule has 0 aliphatic carbocycles. The molecule has 1 spiro atoms. The maximum absolute atomic E-state index is 13.9. The van der Waals surface area contributed by atoms with Crippen LogP contribution in [0.25, 0.3) is 0 Å². The van der Waals surface area contributed by atoms with Gasteiger partial charge >= 0.3 is 5.97 Å². The summed E-state index contributed by atoms with van der Waals surface area (Å²) < 4.78 is 17.7. The molecule has 1 fully saturated rings. The summed E-state index contributed by atoms with van der Waals surface area (Å²) in [6, 6.07) is 0. The Kier molecular flexibility index (Phi) is 7.22. The van der Waals surface area contributed by atoms with E-state index >= 15 is 0 Å². The maximum atomic E-state index is 13.9. The summed E-state index contributed by atoms with van der Waals surface area (Å²) in [5, 5.41) is 4.25. The normalized spacial score (nSPS) is 28.5. The lowest BCUT2D eigenvalue weighted by molar-refractivity contribution is -0.138. The van der Waals surface area contributed by atoms with E-state index in [1.165, 1.54) is 14.2 Å². The van der Waals surface area contributed by atoms with E-state index in [-0.39, 0.29) is 22.5 Å². The van der Waals surface area contributed by atoms with Crippen molar-refractivity contribution in [3.05, 3.63) is 0 Å². The van der Waals surface area contributed by atoms with Gasteiger partial charge in [-0.1, -0.05) is 0 Å². The molecule has 0 aromatic heterocycles. The Morgan fingerprint density at radius 3 is 1.59 bits per heavy atom. The van der Waals surface area contributed by atoms with E-state index in [2.05, 4.69) is 76.3 Å². The zero-order valence-corrected chi connectivity index (χ0v) is 24.2. The van der Waals surface area contributed by atoms with Gasteiger partial charge in [0.25, 0.3) is 5.91 Å². The summed E-state index contributed by atoms with van der Waals surface area (Å²) in [7, 11) is -0.999. The number of hydrogen-bond donors (Lipinski definition) is 1. The molecule has 1 amide bonds. The molecule has 2 aliphatic heterocycles. The highest BCUT2D eigenvalue weighted by molar-refractivity contribution is 7.92. The van der Waals surface area contributed by atoms with E-state index in [0.29, 0.717) is 5.29 Å². The molecule has 1 saturated heterocycles. The molecule has 0 aromatic carbocycles. The predicted molar refractivity (Wildman–Crippen MR) is 134 cm³/mol.